The number of hydrogen-bond donors (Lipinski definition) is 0. The number of nitrogens with zero attached hydrogens (tertiary/aromatic N) is 2. The van der Waals surface area contributed by atoms with Gasteiger partial charge in [-0.2, -0.15) is 0 Å². The SMILES string of the molecule is Cc1nc(N2CC(=O)CC2=O)c(Cl)cc1Cl. The first-order chi connectivity index (χ1) is 7.49. The second-order valence-electron chi connectivity index (χ2n) is 3.56. The fourth-order valence-corrected chi connectivity index (χ4v) is 1.97. The smallest absolute Gasteiger partial charge is 0.236 e. The molecule has 0 atom stereocenters. The Bertz CT molecular complexity index is 488. The number of halogens is 2. The van der Waals surface area contributed by atoms with Crippen molar-refractivity contribution in [3.63, 3.8) is 0 Å². The average molecular weight is 259 g/mol. The summed E-state index contributed by atoms with van der Waals surface area (Å²) in [5.41, 5.74) is 0.577. The van der Waals surface area contributed by atoms with Crippen LogP contribution in [0.3, 0.4) is 0 Å². The number of aryl methyl sites for hydroxylation is 1. The Balaban J connectivity index is 2.45. The molecule has 0 radical (unpaired) electrons. The van der Waals surface area contributed by atoms with E-state index in [1.807, 2.05) is 0 Å². The van der Waals surface area contributed by atoms with Crippen molar-refractivity contribution in [3.8, 4) is 0 Å². The molecular weight excluding hydrogens is 251 g/mol. The highest BCUT2D eigenvalue weighted by Gasteiger charge is 2.31. The third-order valence-electron chi connectivity index (χ3n) is 2.33. The van der Waals surface area contributed by atoms with Crippen molar-refractivity contribution in [1.82, 2.24) is 4.98 Å². The molecule has 0 N–H and O–H groups in total. The van der Waals surface area contributed by atoms with Crippen LogP contribution < -0.4 is 4.90 Å². The quantitative estimate of drug-likeness (QED) is 0.725. The van der Waals surface area contributed by atoms with Crippen LogP contribution in [0.15, 0.2) is 6.07 Å². The highest BCUT2D eigenvalue weighted by Crippen LogP contribution is 2.30. The zero-order chi connectivity index (χ0) is 11.9. The number of anilines is 1. The van der Waals surface area contributed by atoms with Crippen LogP contribution in [0.2, 0.25) is 10.0 Å². The van der Waals surface area contributed by atoms with Crippen LogP contribution >= 0.6 is 23.2 Å². The molecule has 84 valence electrons. The number of pyridine rings is 1. The van der Waals surface area contributed by atoms with E-state index in [9.17, 15) is 9.59 Å². The molecule has 0 unspecified atom stereocenters. The maximum absolute atomic E-state index is 11.5. The molecule has 0 saturated carbocycles. The number of carbonyl (C=O) groups is 2. The van der Waals surface area contributed by atoms with E-state index in [2.05, 4.69) is 4.98 Å². The summed E-state index contributed by atoms with van der Waals surface area (Å²) in [6.45, 7) is 1.75. The molecule has 1 saturated heterocycles. The largest absolute Gasteiger partial charge is 0.297 e. The zero-order valence-electron chi connectivity index (χ0n) is 8.46. The number of amides is 1. The number of aromatic nitrogens is 1. The maximum Gasteiger partial charge on any atom is 0.236 e. The number of ketones is 1. The van der Waals surface area contributed by atoms with E-state index in [1.165, 1.54) is 11.0 Å². The highest BCUT2D eigenvalue weighted by molar-refractivity contribution is 6.37. The summed E-state index contributed by atoms with van der Waals surface area (Å²) in [7, 11) is 0. The van der Waals surface area contributed by atoms with Crippen molar-refractivity contribution in [3.05, 3.63) is 21.8 Å². The van der Waals surface area contributed by atoms with Crippen LogP contribution in [0.4, 0.5) is 5.82 Å². The van der Waals surface area contributed by atoms with E-state index >= 15 is 0 Å². The van der Waals surface area contributed by atoms with E-state index in [1.54, 1.807) is 6.92 Å². The van der Waals surface area contributed by atoms with Gasteiger partial charge in [0.15, 0.2) is 11.6 Å². The first-order valence-electron chi connectivity index (χ1n) is 4.63. The lowest BCUT2D eigenvalue weighted by atomic mass is 10.3. The molecule has 16 heavy (non-hydrogen) atoms. The molecule has 2 rings (SSSR count). The molecule has 0 aliphatic carbocycles. The highest BCUT2D eigenvalue weighted by atomic mass is 35.5. The van der Waals surface area contributed by atoms with Gasteiger partial charge in [0, 0.05) is 0 Å². The second kappa shape index (κ2) is 4.03. The Morgan fingerprint density at radius 3 is 2.56 bits per heavy atom. The van der Waals surface area contributed by atoms with Crippen LogP contribution in [-0.4, -0.2) is 23.2 Å². The lowest BCUT2D eigenvalue weighted by Gasteiger charge is -2.15. The lowest BCUT2D eigenvalue weighted by Crippen LogP contribution is -2.26. The Morgan fingerprint density at radius 1 is 1.31 bits per heavy atom. The summed E-state index contributed by atoms with van der Waals surface area (Å²) in [6.07, 6.45) is -0.0836. The number of rotatable bonds is 1. The fraction of sp³-hybridized carbons (Fsp3) is 0.300. The molecule has 1 aliphatic rings. The van der Waals surface area contributed by atoms with Crippen molar-refractivity contribution < 1.29 is 9.59 Å². The van der Waals surface area contributed by atoms with Gasteiger partial charge >= 0.3 is 0 Å². The van der Waals surface area contributed by atoms with Crippen LogP contribution in [0.5, 0.6) is 0 Å². The van der Waals surface area contributed by atoms with Gasteiger partial charge in [-0.1, -0.05) is 23.2 Å². The summed E-state index contributed by atoms with van der Waals surface area (Å²) in [6, 6.07) is 1.52. The second-order valence-corrected chi connectivity index (χ2v) is 4.37. The van der Waals surface area contributed by atoms with Crippen molar-refractivity contribution >= 4 is 40.7 Å². The Labute approximate surface area is 102 Å². The van der Waals surface area contributed by atoms with Gasteiger partial charge in [-0.25, -0.2) is 4.98 Å². The average Bonchev–Trinajstić information content (AvgIpc) is 2.51. The molecule has 6 heteroatoms. The minimum atomic E-state index is -0.277. The van der Waals surface area contributed by atoms with E-state index in [0.29, 0.717) is 16.5 Å². The summed E-state index contributed by atoms with van der Waals surface area (Å²) in [5.74, 6) is -0.101. The number of hydrogen-bond acceptors (Lipinski definition) is 3. The van der Waals surface area contributed by atoms with E-state index in [-0.39, 0.29) is 29.7 Å². The monoisotopic (exact) mass is 258 g/mol. The molecule has 0 spiro atoms. The van der Waals surface area contributed by atoms with Crippen molar-refractivity contribution in [2.24, 2.45) is 0 Å². The van der Waals surface area contributed by atoms with E-state index < -0.39 is 0 Å². The van der Waals surface area contributed by atoms with Crippen LogP contribution in [0.1, 0.15) is 12.1 Å². The zero-order valence-corrected chi connectivity index (χ0v) is 9.97. The maximum atomic E-state index is 11.5. The molecular formula is C10H8Cl2N2O2. The summed E-state index contributed by atoms with van der Waals surface area (Å²) >= 11 is 11.8. The van der Waals surface area contributed by atoms with Crippen molar-refractivity contribution in [2.75, 3.05) is 11.4 Å². The van der Waals surface area contributed by atoms with Crippen LogP contribution in [0, 0.1) is 6.92 Å². The van der Waals surface area contributed by atoms with Crippen LogP contribution in [-0.2, 0) is 9.59 Å². The molecule has 1 aromatic heterocycles. The molecule has 1 fully saturated rings. The van der Waals surface area contributed by atoms with Gasteiger partial charge in [-0.05, 0) is 13.0 Å². The van der Waals surface area contributed by atoms with Gasteiger partial charge in [0.05, 0.1) is 28.7 Å². The topological polar surface area (TPSA) is 50.3 Å². The van der Waals surface area contributed by atoms with Gasteiger partial charge in [0.2, 0.25) is 5.91 Å². The fourth-order valence-electron chi connectivity index (χ4n) is 1.51. The normalized spacial score (nSPS) is 16.1. The molecule has 1 amide bonds. The van der Waals surface area contributed by atoms with Crippen molar-refractivity contribution in [1.29, 1.82) is 0 Å². The van der Waals surface area contributed by atoms with Gasteiger partial charge in [-0.3, -0.25) is 14.5 Å². The molecule has 2 heterocycles. The Kier molecular flexibility index (Phi) is 2.86. The number of Topliss-reactive ketones (excluding diaryl/α,β-unsaturated/α-hetero) is 1. The predicted molar refractivity (Wildman–Crippen MR) is 61.0 cm³/mol. The molecule has 0 aromatic carbocycles. The molecule has 1 aromatic rings. The third kappa shape index (κ3) is 1.90. The first kappa shape index (κ1) is 11.4. The van der Waals surface area contributed by atoms with Crippen molar-refractivity contribution in [2.45, 2.75) is 13.3 Å². The minimum Gasteiger partial charge on any atom is -0.297 e. The standard InChI is InChI=1S/C10H8Cl2N2O2/c1-5-7(11)3-8(12)10(13-5)14-4-6(15)2-9(14)16/h3H,2,4H2,1H3. The lowest BCUT2D eigenvalue weighted by molar-refractivity contribution is -0.121. The minimum absolute atomic E-state index is 0.0344. The molecule has 1 aliphatic heterocycles. The Morgan fingerprint density at radius 2 is 2.00 bits per heavy atom. The molecule has 4 nitrogen and oxygen atoms in total. The first-order valence-corrected chi connectivity index (χ1v) is 5.39. The van der Waals surface area contributed by atoms with E-state index in [0.717, 1.165) is 0 Å². The van der Waals surface area contributed by atoms with Gasteiger partial charge in [0.1, 0.15) is 0 Å². The third-order valence-corrected chi connectivity index (χ3v) is 2.99. The van der Waals surface area contributed by atoms with Crippen LogP contribution in [0.25, 0.3) is 0 Å². The Hall–Kier alpha value is -1.13. The summed E-state index contributed by atoms with van der Waals surface area (Å²) in [5, 5.41) is 0.713. The predicted octanol–water partition coefficient (Wildman–Crippen LogP) is 2.00. The summed E-state index contributed by atoms with van der Waals surface area (Å²) in [4.78, 5) is 28.1. The van der Waals surface area contributed by atoms with Gasteiger partial charge in [-0.15, -0.1) is 0 Å². The van der Waals surface area contributed by atoms with E-state index in [4.69, 9.17) is 23.2 Å². The van der Waals surface area contributed by atoms with Gasteiger partial charge in [0.25, 0.3) is 0 Å². The summed E-state index contributed by atoms with van der Waals surface area (Å²) < 4.78 is 0. The molecule has 0 bridgehead atoms. The van der Waals surface area contributed by atoms with Gasteiger partial charge < -0.3 is 0 Å². The number of carbonyl (C=O) groups excluding carboxylic acids is 2.